The fourth-order valence-electron chi connectivity index (χ4n) is 3.77. The van der Waals surface area contributed by atoms with E-state index < -0.39 is 0 Å². The lowest BCUT2D eigenvalue weighted by Crippen LogP contribution is -2.41. The highest BCUT2D eigenvalue weighted by atomic mass is 79.9. The highest BCUT2D eigenvalue weighted by Crippen LogP contribution is 2.29. The summed E-state index contributed by atoms with van der Waals surface area (Å²) in [5.41, 5.74) is 3.26. The minimum atomic E-state index is -0.193. The molecule has 0 unspecified atom stereocenters. The van der Waals surface area contributed by atoms with Crippen molar-refractivity contribution in [2.24, 2.45) is 5.92 Å². The van der Waals surface area contributed by atoms with Crippen molar-refractivity contribution in [3.05, 3.63) is 58.4 Å². The lowest BCUT2D eigenvalue weighted by Gasteiger charge is -2.31. The van der Waals surface area contributed by atoms with Crippen LogP contribution in [0.4, 0.5) is 0 Å². The molecule has 1 aliphatic heterocycles. The summed E-state index contributed by atoms with van der Waals surface area (Å²) in [6, 6.07) is 13.7. The number of aromatic nitrogens is 1. The molecule has 1 amide bonds. The number of halogens is 1. The Morgan fingerprint density at radius 1 is 1.18 bits per heavy atom. The van der Waals surface area contributed by atoms with Crippen molar-refractivity contribution in [3.63, 3.8) is 0 Å². The third kappa shape index (κ3) is 3.58. The van der Waals surface area contributed by atoms with E-state index in [2.05, 4.69) is 15.9 Å². The van der Waals surface area contributed by atoms with Crippen LogP contribution in [0.3, 0.4) is 0 Å². The van der Waals surface area contributed by atoms with Crippen LogP contribution in [0.15, 0.2) is 51.6 Å². The van der Waals surface area contributed by atoms with Crippen LogP contribution >= 0.6 is 15.9 Å². The average Bonchev–Trinajstić information content (AvgIpc) is 3.24. The summed E-state index contributed by atoms with van der Waals surface area (Å²) >= 11 is 3.37. The number of amides is 1. The molecule has 1 fully saturated rings. The molecule has 6 nitrogen and oxygen atoms in total. The van der Waals surface area contributed by atoms with E-state index in [0.717, 1.165) is 11.1 Å². The number of benzene rings is 1. The standard InChI is InChI=1S/C21H21BrN2O4/c1-27-21(26)15-7-9-23(10-8-15)20(25)17-11-18-16(12-19(22)28-18)24(17)13-14-5-3-2-4-6-14/h2-6,11-12,15H,7-10,13H2,1H3. The van der Waals surface area contributed by atoms with Gasteiger partial charge in [0.05, 0.1) is 18.5 Å². The molecule has 3 heterocycles. The van der Waals surface area contributed by atoms with Gasteiger partial charge in [0.15, 0.2) is 10.3 Å². The Balaban J connectivity index is 1.61. The molecule has 28 heavy (non-hydrogen) atoms. The van der Waals surface area contributed by atoms with E-state index in [1.54, 1.807) is 6.07 Å². The number of likely N-dealkylation sites (tertiary alicyclic amines) is 1. The van der Waals surface area contributed by atoms with E-state index in [4.69, 9.17) is 9.15 Å². The summed E-state index contributed by atoms with van der Waals surface area (Å²) in [4.78, 5) is 26.8. The van der Waals surface area contributed by atoms with Crippen LogP contribution in [-0.4, -0.2) is 41.5 Å². The normalized spacial score (nSPS) is 15.1. The Morgan fingerprint density at radius 3 is 2.57 bits per heavy atom. The molecule has 0 atom stereocenters. The van der Waals surface area contributed by atoms with Crippen molar-refractivity contribution in [1.29, 1.82) is 0 Å². The maximum absolute atomic E-state index is 13.2. The van der Waals surface area contributed by atoms with E-state index in [9.17, 15) is 9.59 Å². The summed E-state index contributed by atoms with van der Waals surface area (Å²) in [5.74, 6) is -0.360. The molecule has 0 spiro atoms. The van der Waals surface area contributed by atoms with E-state index in [-0.39, 0.29) is 17.8 Å². The van der Waals surface area contributed by atoms with Gasteiger partial charge in [0.2, 0.25) is 0 Å². The largest absolute Gasteiger partial charge is 0.469 e. The topological polar surface area (TPSA) is 64.7 Å². The van der Waals surface area contributed by atoms with Crippen LogP contribution in [0, 0.1) is 5.92 Å². The van der Waals surface area contributed by atoms with Gasteiger partial charge in [-0.25, -0.2) is 0 Å². The number of fused-ring (bicyclic) bond motifs is 1. The van der Waals surface area contributed by atoms with Gasteiger partial charge in [0.1, 0.15) is 5.69 Å². The average molecular weight is 445 g/mol. The molecular formula is C21H21BrN2O4. The molecule has 7 heteroatoms. The van der Waals surface area contributed by atoms with Gasteiger partial charge < -0.3 is 18.6 Å². The van der Waals surface area contributed by atoms with Gasteiger partial charge in [0, 0.05) is 31.8 Å². The minimum Gasteiger partial charge on any atom is -0.469 e. The Labute approximate surface area is 171 Å². The quantitative estimate of drug-likeness (QED) is 0.568. The lowest BCUT2D eigenvalue weighted by atomic mass is 9.97. The number of ether oxygens (including phenoxy) is 1. The van der Waals surface area contributed by atoms with Crippen molar-refractivity contribution >= 4 is 38.9 Å². The van der Waals surface area contributed by atoms with Crippen molar-refractivity contribution in [2.75, 3.05) is 20.2 Å². The summed E-state index contributed by atoms with van der Waals surface area (Å²) in [6.07, 6.45) is 1.25. The maximum atomic E-state index is 13.2. The third-order valence-electron chi connectivity index (χ3n) is 5.28. The molecule has 146 valence electrons. The number of methoxy groups -OCH3 is 1. The third-order valence-corrected chi connectivity index (χ3v) is 5.67. The van der Waals surface area contributed by atoms with Crippen LogP contribution in [-0.2, 0) is 16.1 Å². The predicted octanol–water partition coefficient (Wildman–Crippen LogP) is 4.07. The number of carbonyl (C=O) groups is 2. The molecule has 0 saturated carbocycles. The first-order chi connectivity index (χ1) is 13.6. The van der Waals surface area contributed by atoms with Crippen molar-refractivity contribution < 1.29 is 18.7 Å². The second-order valence-electron chi connectivity index (χ2n) is 6.99. The number of piperidine rings is 1. The minimum absolute atomic E-state index is 0.0400. The van der Waals surface area contributed by atoms with Gasteiger partial charge in [-0.1, -0.05) is 30.3 Å². The van der Waals surface area contributed by atoms with E-state index >= 15 is 0 Å². The summed E-state index contributed by atoms with van der Waals surface area (Å²) in [6.45, 7) is 1.66. The monoisotopic (exact) mass is 444 g/mol. The smallest absolute Gasteiger partial charge is 0.308 e. The Bertz CT molecular complexity index is 1000. The Hall–Kier alpha value is -2.54. The highest BCUT2D eigenvalue weighted by Gasteiger charge is 2.30. The molecular weight excluding hydrogens is 424 g/mol. The van der Waals surface area contributed by atoms with Crippen molar-refractivity contribution in [1.82, 2.24) is 9.47 Å². The van der Waals surface area contributed by atoms with E-state index in [0.29, 0.717) is 48.4 Å². The number of hydrogen-bond donors (Lipinski definition) is 0. The molecule has 3 aromatic rings. The van der Waals surface area contributed by atoms with Gasteiger partial charge in [-0.15, -0.1) is 0 Å². The van der Waals surface area contributed by atoms with Crippen LogP contribution in [0.25, 0.3) is 11.1 Å². The zero-order valence-electron chi connectivity index (χ0n) is 15.6. The van der Waals surface area contributed by atoms with Gasteiger partial charge >= 0.3 is 5.97 Å². The number of carbonyl (C=O) groups excluding carboxylic acids is 2. The number of hydrogen-bond acceptors (Lipinski definition) is 4. The molecule has 0 N–H and O–H groups in total. The second kappa shape index (κ2) is 7.83. The van der Waals surface area contributed by atoms with Crippen LogP contribution in [0.2, 0.25) is 0 Å². The van der Waals surface area contributed by atoms with Gasteiger partial charge in [-0.3, -0.25) is 9.59 Å². The number of furan rings is 1. The highest BCUT2D eigenvalue weighted by molar-refractivity contribution is 9.10. The first kappa shape index (κ1) is 18.8. The Morgan fingerprint density at radius 2 is 1.89 bits per heavy atom. The fraction of sp³-hybridized carbons (Fsp3) is 0.333. The number of nitrogens with zero attached hydrogens (tertiary/aromatic N) is 2. The number of rotatable bonds is 4. The van der Waals surface area contributed by atoms with Crippen LogP contribution in [0.5, 0.6) is 0 Å². The zero-order valence-corrected chi connectivity index (χ0v) is 17.1. The van der Waals surface area contributed by atoms with Crippen molar-refractivity contribution in [2.45, 2.75) is 19.4 Å². The molecule has 0 aliphatic carbocycles. The van der Waals surface area contributed by atoms with E-state index in [1.807, 2.05) is 45.9 Å². The molecule has 1 aromatic carbocycles. The summed E-state index contributed by atoms with van der Waals surface area (Å²) in [7, 11) is 1.41. The van der Waals surface area contributed by atoms with E-state index in [1.165, 1.54) is 7.11 Å². The fourth-order valence-corrected chi connectivity index (χ4v) is 4.16. The molecule has 0 radical (unpaired) electrons. The van der Waals surface area contributed by atoms with Crippen LogP contribution in [0.1, 0.15) is 28.9 Å². The van der Waals surface area contributed by atoms with Crippen molar-refractivity contribution in [3.8, 4) is 0 Å². The predicted molar refractivity (Wildman–Crippen MR) is 108 cm³/mol. The molecule has 4 rings (SSSR count). The van der Waals surface area contributed by atoms with Crippen LogP contribution < -0.4 is 0 Å². The lowest BCUT2D eigenvalue weighted by molar-refractivity contribution is -0.146. The maximum Gasteiger partial charge on any atom is 0.308 e. The molecule has 1 saturated heterocycles. The Kier molecular flexibility index (Phi) is 5.26. The van der Waals surface area contributed by atoms with Gasteiger partial charge in [-0.2, -0.15) is 0 Å². The summed E-state index contributed by atoms with van der Waals surface area (Å²) in [5, 5.41) is 0. The number of esters is 1. The SMILES string of the molecule is COC(=O)C1CCN(C(=O)c2cc3oc(Br)cc3n2Cc2ccccc2)CC1. The zero-order chi connectivity index (χ0) is 19.7. The molecule has 0 bridgehead atoms. The first-order valence-electron chi connectivity index (χ1n) is 9.26. The first-order valence-corrected chi connectivity index (χ1v) is 10.1. The molecule has 1 aliphatic rings. The van der Waals surface area contributed by atoms with Gasteiger partial charge in [0.25, 0.3) is 5.91 Å². The second-order valence-corrected chi connectivity index (χ2v) is 7.77. The molecule has 2 aromatic heterocycles. The summed E-state index contributed by atoms with van der Waals surface area (Å²) < 4.78 is 13.2. The van der Waals surface area contributed by atoms with Gasteiger partial charge in [-0.05, 0) is 34.3 Å².